The lowest BCUT2D eigenvalue weighted by molar-refractivity contribution is -0.138. The average molecular weight is 1580 g/mol. The quantitative estimate of drug-likeness (QED) is 0.0123. The van der Waals surface area contributed by atoms with E-state index in [9.17, 15) is 62.3 Å². The fraction of sp³-hybridized carbons (Fsp3) is 0.190. The van der Waals surface area contributed by atoms with Gasteiger partial charge in [-0.2, -0.15) is 52.7 Å². The van der Waals surface area contributed by atoms with Gasteiger partial charge in [0.15, 0.2) is 0 Å². The predicted octanol–water partition coefficient (Wildman–Crippen LogP) is 21.2. The largest absolute Gasteiger partial charge is 0.457 e. The molecule has 2 N–H and O–H groups in total. The lowest BCUT2D eigenvalue weighted by Gasteiger charge is -2.36. The number of benzene rings is 11. The Hall–Kier alpha value is -13.3. The smallest absolute Gasteiger partial charge is 0.416 e. The number of ether oxygens (including phenoxy) is 6. The SMILES string of the molecule is C=C(C)C(=O)Oc1cccc(NC(=O)C(CC(C)C)N2C(=O)c3cc(Oc4ccc(C(F)(F)F)cc4)c4c5c(Oc6ccc(C(F)(F)F)cc6)cc6c7c(cc(Oc8ccc(C(F)(F)F)cc8)c(c8c(Oc9ccc(C(F)(F)F)cc9)cc(c3c48)C2=O)c75)C(=O)N(C(CC(C)C)C(=O)Nc2cccc(OC(=O)C(=C)C)c2)C6=O)c1. The molecule has 0 saturated carbocycles. The molecule has 2 aliphatic heterocycles. The molecule has 13 rings (SSSR count). The minimum Gasteiger partial charge on any atom is -0.457 e. The van der Waals surface area contributed by atoms with Crippen molar-refractivity contribution in [2.24, 2.45) is 11.8 Å². The standard InChI is InChI=1S/C84H60F12N4O14/c1-39(2)31-59(73(101)97-47-11-9-13-53(33-47)113-79(107)41(5)6)99-75(103)55-35-61(109-49-23-15-43(16-24-49)81(85,86)87)67-69-63(111-51-27-19-45(20-28-51)83(91,92)93)37-57-66-58(78(106)100(77(57)105)60(32-40(3)4)74(102)98-48-12-10-14-54(34-48)114-80(108)42(7)8)38-64(112-52-29-21-46(22-30-52)84(94,95)96)70(72(66)69)68-62(36-56(76(99)104)65(55)71(67)68)110-50-25-17-44(18-26-50)82(88,89)90/h9-30,33-40,59-60H,5,7,31-32H2,1-4,6,8H3,(H,97,101)(H,98,102). The van der Waals surface area contributed by atoms with Gasteiger partial charge in [0.2, 0.25) is 11.8 Å². The molecular formula is C84H60F12N4O14. The molecule has 0 aromatic heterocycles. The van der Waals surface area contributed by atoms with Crippen molar-refractivity contribution in [3.8, 4) is 57.5 Å². The second-order valence-corrected chi connectivity index (χ2v) is 27.8. The second-order valence-electron chi connectivity index (χ2n) is 27.8. The van der Waals surface area contributed by atoms with E-state index < -0.39 is 230 Å². The van der Waals surface area contributed by atoms with E-state index in [1.807, 2.05) is 0 Å². The van der Waals surface area contributed by atoms with E-state index in [1.54, 1.807) is 27.7 Å². The van der Waals surface area contributed by atoms with Gasteiger partial charge in [0, 0.05) is 77.7 Å². The highest BCUT2D eigenvalue weighted by Gasteiger charge is 2.48. The number of anilines is 2. The molecule has 0 bridgehead atoms. The fourth-order valence-electron chi connectivity index (χ4n) is 13.5. The minimum absolute atomic E-state index is 0.0104. The van der Waals surface area contributed by atoms with Crippen molar-refractivity contribution in [2.45, 2.75) is 91.2 Å². The summed E-state index contributed by atoms with van der Waals surface area (Å²) in [4.78, 5) is 122. The van der Waals surface area contributed by atoms with Crippen molar-refractivity contribution in [1.82, 2.24) is 9.80 Å². The number of amides is 6. The van der Waals surface area contributed by atoms with Gasteiger partial charge < -0.3 is 39.1 Å². The van der Waals surface area contributed by atoms with Gasteiger partial charge in [-0.1, -0.05) is 53.0 Å². The Bertz CT molecular complexity index is 5240. The van der Waals surface area contributed by atoms with Crippen LogP contribution in [0.15, 0.2) is 194 Å². The van der Waals surface area contributed by atoms with Gasteiger partial charge in [0.05, 0.1) is 44.5 Å². The van der Waals surface area contributed by atoms with Crippen LogP contribution in [0.25, 0.3) is 43.1 Å². The summed E-state index contributed by atoms with van der Waals surface area (Å²) in [5, 5.41) is 2.01. The molecule has 11 aromatic rings. The van der Waals surface area contributed by atoms with Gasteiger partial charge in [-0.3, -0.25) is 38.6 Å². The number of nitrogens with zero attached hydrogens (tertiary/aromatic N) is 2. The van der Waals surface area contributed by atoms with Crippen molar-refractivity contribution in [3.63, 3.8) is 0 Å². The first kappa shape index (κ1) is 78.8. The lowest BCUT2D eigenvalue weighted by Crippen LogP contribution is -2.52. The van der Waals surface area contributed by atoms with Gasteiger partial charge >= 0.3 is 36.6 Å². The number of nitrogens with one attached hydrogen (secondary N) is 2. The van der Waals surface area contributed by atoms with Gasteiger partial charge in [0.25, 0.3) is 23.6 Å². The van der Waals surface area contributed by atoms with Crippen LogP contribution in [0.3, 0.4) is 0 Å². The molecule has 0 radical (unpaired) electrons. The first-order chi connectivity index (χ1) is 53.6. The van der Waals surface area contributed by atoms with Crippen molar-refractivity contribution in [1.29, 1.82) is 0 Å². The maximum atomic E-state index is 16.3. The third kappa shape index (κ3) is 15.5. The Morgan fingerprint density at radius 1 is 0.351 bits per heavy atom. The number of rotatable bonds is 22. The van der Waals surface area contributed by atoms with Gasteiger partial charge in [-0.25, -0.2) is 9.59 Å². The number of fused-ring (bicyclic) bond motifs is 2. The molecule has 2 aliphatic rings. The Balaban J connectivity index is 1.16. The fourth-order valence-corrected chi connectivity index (χ4v) is 13.5. The molecule has 0 fully saturated rings. The number of alkyl halides is 12. The molecule has 30 heteroatoms. The number of carbonyl (C=O) groups is 8. The highest BCUT2D eigenvalue weighted by molar-refractivity contribution is 6.45. The van der Waals surface area contributed by atoms with Crippen LogP contribution in [0.2, 0.25) is 0 Å². The summed E-state index contributed by atoms with van der Waals surface area (Å²) in [6.45, 7) is 16.5. The molecule has 2 unspecified atom stereocenters. The van der Waals surface area contributed by atoms with Crippen LogP contribution in [-0.2, 0) is 43.9 Å². The van der Waals surface area contributed by atoms with Crippen LogP contribution in [0, 0.1) is 11.8 Å². The highest BCUT2D eigenvalue weighted by atomic mass is 19.4. The van der Waals surface area contributed by atoms with E-state index in [-0.39, 0.29) is 46.9 Å². The Morgan fingerprint density at radius 3 is 0.816 bits per heavy atom. The number of hydrogen-bond acceptors (Lipinski definition) is 14. The van der Waals surface area contributed by atoms with E-state index in [4.69, 9.17) is 28.4 Å². The number of halogens is 12. The lowest BCUT2D eigenvalue weighted by atomic mass is 9.80. The van der Waals surface area contributed by atoms with Gasteiger partial charge in [0.1, 0.15) is 69.6 Å². The second kappa shape index (κ2) is 29.8. The zero-order chi connectivity index (χ0) is 82.3. The molecule has 11 aromatic carbocycles. The van der Waals surface area contributed by atoms with E-state index in [2.05, 4.69) is 23.8 Å². The highest BCUT2D eigenvalue weighted by Crippen LogP contribution is 2.59. The summed E-state index contributed by atoms with van der Waals surface area (Å²) in [6, 6.07) is 23.1. The van der Waals surface area contributed by atoms with E-state index >= 15 is 28.8 Å². The molecule has 114 heavy (non-hydrogen) atoms. The summed E-state index contributed by atoms with van der Waals surface area (Å²) in [7, 11) is 0. The average Bonchev–Trinajstić information content (AvgIpc) is 0.670. The number of carbonyl (C=O) groups excluding carboxylic acids is 8. The Labute approximate surface area is 638 Å². The zero-order valence-electron chi connectivity index (χ0n) is 60.4. The molecule has 18 nitrogen and oxygen atoms in total. The van der Waals surface area contributed by atoms with Gasteiger partial charge in [-0.05, 0) is 184 Å². The predicted molar refractivity (Wildman–Crippen MR) is 392 cm³/mol. The van der Waals surface area contributed by atoms with Crippen LogP contribution >= 0.6 is 0 Å². The number of esters is 2. The topological polar surface area (TPSA) is 222 Å². The maximum Gasteiger partial charge on any atom is 0.416 e. The van der Waals surface area contributed by atoms with Gasteiger partial charge in [-0.15, -0.1) is 0 Å². The molecule has 2 heterocycles. The Morgan fingerprint density at radius 2 is 0.596 bits per heavy atom. The van der Waals surface area contributed by atoms with E-state index in [0.717, 1.165) is 72.8 Å². The third-order valence-electron chi connectivity index (χ3n) is 18.5. The number of imide groups is 2. The molecule has 0 aliphatic carbocycles. The number of hydrogen-bond donors (Lipinski definition) is 2. The van der Waals surface area contributed by atoms with Crippen LogP contribution < -0.4 is 39.1 Å². The summed E-state index contributed by atoms with van der Waals surface area (Å²) < 4.78 is 211. The first-order valence-corrected chi connectivity index (χ1v) is 34.7. The summed E-state index contributed by atoms with van der Waals surface area (Å²) in [5.74, 6) is -14.4. The van der Waals surface area contributed by atoms with Crippen molar-refractivity contribution in [3.05, 3.63) is 239 Å². The summed E-state index contributed by atoms with van der Waals surface area (Å²) in [6.07, 6.45) is -20.5. The molecule has 0 saturated heterocycles. The zero-order valence-corrected chi connectivity index (χ0v) is 60.4. The normalized spacial score (nSPS) is 13.8. The first-order valence-electron chi connectivity index (χ1n) is 34.7. The maximum absolute atomic E-state index is 16.3. The van der Waals surface area contributed by atoms with Crippen LogP contribution in [0.4, 0.5) is 64.1 Å². The van der Waals surface area contributed by atoms with Crippen LogP contribution in [0.1, 0.15) is 118 Å². The van der Waals surface area contributed by atoms with E-state index in [1.165, 1.54) is 62.4 Å². The molecule has 0 spiro atoms. The third-order valence-corrected chi connectivity index (χ3v) is 18.5. The molecule has 6 amide bonds. The van der Waals surface area contributed by atoms with Crippen molar-refractivity contribution in [2.75, 3.05) is 10.6 Å². The van der Waals surface area contributed by atoms with Crippen LogP contribution in [-0.4, -0.2) is 69.3 Å². The van der Waals surface area contributed by atoms with Crippen LogP contribution in [0.5, 0.6) is 57.5 Å². The summed E-state index contributed by atoms with van der Waals surface area (Å²) in [5.41, 5.74) is -7.05. The molecule has 2 atom stereocenters. The Kier molecular flexibility index (Phi) is 20.6. The molecule has 584 valence electrons. The van der Waals surface area contributed by atoms with Crippen molar-refractivity contribution >= 4 is 102 Å². The summed E-state index contributed by atoms with van der Waals surface area (Å²) >= 11 is 0. The molecular weight excluding hydrogens is 1520 g/mol. The van der Waals surface area contributed by atoms with E-state index in [0.29, 0.717) is 58.3 Å². The van der Waals surface area contributed by atoms with Crippen molar-refractivity contribution < 1.29 is 119 Å². The minimum atomic E-state index is -4.96. The monoisotopic (exact) mass is 1580 g/mol.